The van der Waals surface area contributed by atoms with Gasteiger partial charge in [-0.2, -0.15) is 4.98 Å². The van der Waals surface area contributed by atoms with Crippen molar-refractivity contribution >= 4 is 17.2 Å². The first-order valence-electron chi connectivity index (χ1n) is 8.41. The second-order valence-electron chi connectivity index (χ2n) is 6.62. The third kappa shape index (κ3) is 3.37. The van der Waals surface area contributed by atoms with Crippen molar-refractivity contribution in [2.75, 3.05) is 14.1 Å². The lowest BCUT2D eigenvalue weighted by Crippen LogP contribution is -2.44. The van der Waals surface area contributed by atoms with Crippen LogP contribution in [0.15, 0.2) is 16.0 Å². The molecule has 1 N–H and O–H groups in total. The van der Waals surface area contributed by atoms with E-state index in [-0.39, 0.29) is 5.91 Å². The van der Waals surface area contributed by atoms with Crippen LogP contribution in [0.1, 0.15) is 59.6 Å². The maximum atomic E-state index is 12.8. The van der Waals surface area contributed by atoms with E-state index in [1.54, 1.807) is 0 Å². The Balaban J connectivity index is 1.83. The Kier molecular flexibility index (Phi) is 5.01. The molecule has 2 heterocycles. The molecule has 3 rings (SSSR count). The maximum Gasteiger partial charge on any atom is 0.262 e. The zero-order chi connectivity index (χ0) is 17.2. The van der Waals surface area contributed by atoms with Gasteiger partial charge < -0.3 is 14.7 Å². The van der Waals surface area contributed by atoms with Crippen LogP contribution in [0.2, 0.25) is 0 Å². The number of aromatic nitrogens is 2. The first-order valence-corrected chi connectivity index (χ1v) is 9.29. The lowest BCUT2D eigenvalue weighted by molar-refractivity contribution is 0.0895. The zero-order valence-electron chi connectivity index (χ0n) is 14.5. The molecule has 1 saturated carbocycles. The minimum Gasteiger partial charge on any atom is -0.338 e. The molecule has 0 saturated heterocycles. The van der Waals surface area contributed by atoms with Crippen molar-refractivity contribution in [1.82, 2.24) is 20.4 Å². The van der Waals surface area contributed by atoms with E-state index in [2.05, 4.69) is 22.4 Å². The molecule has 0 radical (unpaired) electrons. The Morgan fingerprint density at radius 2 is 2.17 bits per heavy atom. The van der Waals surface area contributed by atoms with E-state index in [1.165, 1.54) is 11.3 Å². The molecular formula is C17H24N4O2S. The number of hydrogen-bond acceptors (Lipinski definition) is 6. The van der Waals surface area contributed by atoms with Gasteiger partial charge in [0, 0.05) is 0 Å². The van der Waals surface area contributed by atoms with Crippen molar-refractivity contribution in [3.8, 4) is 0 Å². The molecule has 0 aromatic carbocycles. The molecule has 6 nitrogen and oxygen atoms in total. The van der Waals surface area contributed by atoms with Gasteiger partial charge in [-0.25, -0.2) is 0 Å². The number of carbonyl (C=O) groups excluding carboxylic acids is 1. The molecule has 1 fully saturated rings. The SMILES string of the molecule is CCc1ccsc1C(=O)NC1(c2noc(CN(C)C)n2)CCCC1. The summed E-state index contributed by atoms with van der Waals surface area (Å²) < 4.78 is 5.38. The van der Waals surface area contributed by atoms with Gasteiger partial charge in [-0.3, -0.25) is 4.79 Å². The van der Waals surface area contributed by atoms with Gasteiger partial charge in [-0.05, 0) is 50.4 Å². The molecule has 24 heavy (non-hydrogen) atoms. The van der Waals surface area contributed by atoms with Crippen molar-refractivity contribution in [1.29, 1.82) is 0 Å². The molecule has 1 aliphatic rings. The van der Waals surface area contributed by atoms with E-state index in [0.717, 1.165) is 42.5 Å². The molecule has 1 aliphatic carbocycles. The van der Waals surface area contributed by atoms with E-state index in [1.807, 2.05) is 30.4 Å². The predicted molar refractivity (Wildman–Crippen MR) is 93.0 cm³/mol. The molecule has 2 aromatic rings. The molecule has 1 amide bonds. The highest BCUT2D eigenvalue weighted by Crippen LogP contribution is 2.38. The second-order valence-corrected chi connectivity index (χ2v) is 7.54. The van der Waals surface area contributed by atoms with Crippen molar-refractivity contribution in [2.45, 2.75) is 51.1 Å². The third-order valence-corrected chi connectivity index (χ3v) is 5.45. The number of hydrogen-bond donors (Lipinski definition) is 1. The topological polar surface area (TPSA) is 71.3 Å². The lowest BCUT2D eigenvalue weighted by atomic mass is 9.96. The number of carbonyl (C=O) groups is 1. The molecule has 0 spiro atoms. The highest BCUT2D eigenvalue weighted by molar-refractivity contribution is 7.12. The first-order chi connectivity index (χ1) is 11.5. The number of nitrogens with zero attached hydrogens (tertiary/aromatic N) is 3. The van der Waals surface area contributed by atoms with E-state index in [0.29, 0.717) is 18.3 Å². The fourth-order valence-electron chi connectivity index (χ4n) is 3.25. The van der Waals surface area contributed by atoms with Gasteiger partial charge in [0.15, 0.2) is 5.82 Å². The summed E-state index contributed by atoms with van der Waals surface area (Å²) in [5.41, 5.74) is 0.590. The monoisotopic (exact) mass is 348 g/mol. The second kappa shape index (κ2) is 7.03. The van der Waals surface area contributed by atoms with Gasteiger partial charge in [0.1, 0.15) is 5.54 Å². The van der Waals surface area contributed by atoms with Gasteiger partial charge in [0.25, 0.3) is 5.91 Å². The van der Waals surface area contributed by atoms with Gasteiger partial charge in [-0.15, -0.1) is 11.3 Å². The van der Waals surface area contributed by atoms with E-state index < -0.39 is 5.54 Å². The summed E-state index contributed by atoms with van der Waals surface area (Å²) in [5.74, 6) is 1.17. The summed E-state index contributed by atoms with van der Waals surface area (Å²) in [5, 5.41) is 9.37. The summed E-state index contributed by atoms with van der Waals surface area (Å²) in [6.45, 7) is 2.67. The van der Waals surface area contributed by atoms with Crippen molar-refractivity contribution in [3.05, 3.63) is 33.6 Å². The largest absolute Gasteiger partial charge is 0.338 e. The number of rotatable bonds is 6. The molecule has 0 atom stereocenters. The van der Waals surface area contributed by atoms with Gasteiger partial charge in [0.05, 0.1) is 11.4 Å². The van der Waals surface area contributed by atoms with Crippen molar-refractivity contribution in [2.24, 2.45) is 0 Å². The first kappa shape index (κ1) is 17.1. The summed E-state index contributed by atoms with van der Waals surface area (Å²) in [7, 11) is 3.92. The van der Waals surface area contributed by atoms with Crippen LogP contribution in [0.5, 0.6) is 0 Å². The van der Waals surface area contributed by atoms with Gasteiger partial charge in [-0.1, -0.05) is 24.9 Å². The van der Waals surface area contributed by atoms with E-state index in [4.69, 9.17) is 4.52 Å². The Morgan fingerprint density at radius 3 is 2.83 bits per heavy atom. The smallest absolute Gasteiger partial charge is 0.262 e. The number of aryl methyl sites for hydroxylation is 1. The van der Waals surface area contributed by atoms with Crippen LogP contribution in [0.25, 0.3) is 0 Å². The average Bonchev–Trinajstić information content (AvgIpc) is 3.26. The molecule has 2 aromatic heterocycles. The van der Waals surface area contributed by atoms with Gasteiger partial charge >= 0.3 is 0 Å². The third-order valence-electron chi connectivity index (χ3n) is 4.49. The van der Waals surface area contributed by atoms with Crippen LogP contribution < -0.4 is 5.32 Å². The van der Waals surface area contributed by atoms with Crippen molar-refractivity contribution < 1.29 is 9.32 Å². The number of thiophene rings is 1. The van der Waals surface area contributed by atoms with Crippen LogP contribution in [0.3, 0.4) is 0 Å². The van der Waals surface area contributed by atoms with E-state index >= 15 is 0 Å². The Hall–Kier alpha value is -1.73. The Morgan fingerprint density at radius 1 is 1.42 bits per heavy atom. The van der Waals surface area contributed by atoms with Crippen LogP contribution in [-0.2, 0) is 18.5 Å². The average molecular weight is 348 g/mol. The maximum absolute atomic E-state index is 12.8. The molecule has 0 unspecified atom stereocenters. The quantitative estimate of drug-likeness (QED) is 0.869. The van der Waals surface area contributed by atoms with Crippen LogP contribution >= 0.6 is 11.3 Å². The number of nitrogens with one attached hydrogen (secondary N) is 1. The summed E-state index contributed by atoms with van der Waals surface area (Å²) in [6.07, 6.45) is 4.68. The summed E-state index contributed by atoms with van der Waals surface area (Å²) in [6, 6.07) is 2.02. The van der Waals surface area contributed by atoms with Crippen molar-refractivity contribution in [3.63, 3.8) is 0 Å². The summed E-state index contributed by atoms with van der Waals surface area (Å²) in [4.78, 5) is 20.1. The molecular weight excluding hydrogens is 324 g/mol. The van der Waals surface area contributed by atoms with Crippen LogP contribution in [0.4, 0.5) is 0 Å². The molecule has 130 valence electrons. The fraction of sp³-hybridized carbons (Fsp3) is 0.588. The standard InChI is InChI=1S/C17H24N4O2S/c1-4-12-7-10-24-14(12)15(22)19-17(8-5-6-9-17)16-18-13(23-20-16)11-21(2)3/h7,10H,4-6,8-9,11H2,1-3H3,(H,19,22). The number of amides is 1. The van der Waals surface area contributed by atoms with Crippen LogP contribution in [-0.4, -0.2) is 35.0 Å². The normalized spacial score (nSPS) is 16.7. The fourth-order valence-corrected chi connectivity index (χ4v) is 4.14. The predicted octanol–water partition coefficient (Wildman–Crippen LogP) is 2.95. The summed E-state index contributed by atoms with van der Waals surface area (Å²) >= 11 is 1.49. The molecule has 0 aliphatic heterocycles. The minimum absolute atomic E-state index is 0.0253. The minimum atomic E-state index is -0.500. The Bertz CT molecular complexity index is 701. The molecule has 7 heteroatoms. The highest BCUT2D eigenvalue weighted by Gasteiger charge is 2.42. The van der Waals surface area contributed by atoms with Gasteiger partial charge in [0.2, 0.25) is 5.89 Å². The van der Waals surface area contributed by atoms with E-state index in [9.17, 15) is 4.79 Å². The highest BCUT2D eigenvalue weighted by atomic mass is 32.1. The molecule has 0 bridgehead atoms. The lowest BCUT2D eigenvalue weighted by Gasteiger charge is -2.26. The van der Waals surface area contributed by atoms with Crippen LogP contribution in [0, 0.1) is 0 Å². The zero-order valence-corrected chi connectivity index (χ0v) is 15.3. The Labute approximate surface area is 146 Å².